The Morgan fingerprint density at radius 3 is 2.54 bits per heavy atom. The van der Waals surface area contributed by atoms with Gasteiger partial charge in [0.15, 0.2) is 0 Å². The molecule has 1 fully saturated rings. The molecular formula is C20H17F4N3O. The van der Waals surface area contributed by atoms with E-state index in [2.05, 4.69) is 15.0 Å². The molecule has 0 unspecified atom stereocenters. The van der Waals surface area contributed by atoms with Crippen molar-refractivity contribution in [3.8, 4) is 11.4 Å². The highest BCUT2D eigenvalue weighted by atomic mass is 19.4. The number of rotatable bonds is 6. The third-order valence-electron chi connectivity index (χ3n) is 4.59. The van der Waals surface area contributed by atoms with Crippen LogP contribution in [0.2, 0.25) is 0 Å². The first-order valence-corrected chi connectivity index (χ1v) is 8.87. The Morgan fingerprint density at radius 2 is 1.82 bits per heavy atom. The van der Waals surface area contributed by atoms with Crippen molar-refractivity contribution < 1.29 is 22.1 Å². The topological polar surface area (TPSA) is 42.2 Å². The molecule has 1 saturated carbocycles. The first-order chi connectivity index (χ1) is 13.4. The molecule has 3 aromatic rings. The quantitative estimate of drug-likeness (QED) is 0.551. The minimum Gasteiger partial charge on any atom is -0.338 e. The van der Waals surface area contributed by atoms with E-state index < -0.39 is 11.7 Å². The summed E-state index contributed by atoms with van der Waals surface area (Å²) in [4.78, 5) is 6.36. The highest BCUT2D eigenvalue weighted by Gasteiger charge is 2.32. The van der Waals surface area contributed by atoms with Crippen molar-refractivity contribution in [1.29, 1.82) is 0 Å². The van der Waals surface area contributed by atoms with E-state index in [1.54, 1.807) is 6.07 Å². The van der Waals surface area contributed by atoms with Gasteiger partial charge in [0, 0.05) is 18.2 Å². The van der Waals surface area contributed by atoms with Crippen molar-refractivity contribution in [3.05, 3.63) is 71.4 Å². The molecule has 2 aromatic carbocycles. The summed E-state index contributed by atoms with van der Waals surface area (Å²) in [5.41, 5.74) is 0.319. The lowest BCUT2D eigenvalue weighted by molar-refractivity contribution is -0.137. The van der Waals surface area contributed by atoms with Crippen LogP contribution >= 0.6 is 0 Å². The lowest BCUT2D eigenvalue weighted by atomic mass is 10.1. The van der Waals surface area contributed by atoms with Crippen LogP contribution in [0.5, 0.6) is 0 Å². The first-order valence-electron chi connectivity index (χ1n) is 8.87. The van der Waals surface area contributed by atoms with Crippen LogP contribution in [-0.4, -0.2) is 21.1 Å². The highest BCUT2D eigenvalue weighted by molar-refractivity contribution is 5.55. The van der Waals surface area contributed by atoms with Gasteiger partial charge in [0.1, 0.15) is 5.82 Å². The van der Waals surface area contributed by atoms with Gasteiger partial charge in [-0.2, -0.15) is 18.2 Å². The van der Waals surface area contributed by atoms with Crippen molar-refractivity contribution in [2.75, 3.05) is 0 Å². The average molecular weight is 391 g/mol. The number of hydrogen-bond donors (Lipinski definition) is 0. The molecule has 4 rings (SSSR count). The summed E-state index contributed by atoms with van der Waals surface area (Å²) >= 11 is 0. The normalized spacial score (nSPS) is 14.6. The average Bonchev–Trinajstić information content (AvgIpc) is 3.40. The first kappa shape index (κ1) is 18.6. The molecule has 146 valence electrons. The van der Waals surface area contributed by atoms with Crippen LogP contribution in [0.4, 0.5) is 17.6 Å². The second kappa shape index (κ2) is 7.35. The van der Waals surface area contributed by atoms with Crippen molar-refractivity contribution in [2.45, 2.75) is 38.1 Å². The molecule has 8 heteroatoms. The van der Waals surface area contributed by atoms with E-state index in [1.807, 2.05) is 6.07 Å². The van der Waals surface area contributed by atoms with Gasteiger partial charge in [-0.3, -0.25) is 4.90 Å². The van der Waals surface area contributed by atoms with Crippen LogP contribution in [0.25, 0.3) is 11.4 Å². The van der Waals surface area contributed by atoms with Gasteiger partial charge in [0.2, 0.25) is 11.7 Å². The van der Waals surface area contributed by atoms with E-state index in [0.717, 1.165) is 30.5 Å². The van der Waals surface area contributed by atoms with E-state index in [9.17, 15) is 17.6 Å². The maximum absolute atomic E-state index is 13.4. The lowest BCUT2D eigenvalue weighted by Gasteiger charge is -2.19. The lowest BCUT2D eigenvalue weighted by Crippen LogP contribution is -2.25. The third-order valence-corrected chi connectivity index (χ3v) is 4.59. The summed E-state index contributed by atoms with van der Waals surface area (Å²) in [5, 5.41) is 3.82. The Labute approximate surface area is 158 Å². The summed E-state index contributed by atoms with van der Waals surface area (Å²) in [5.74, 6) is 0.135. The van der Waals surface area contributed by atoms with Gasteiger partial charge in [0.25, 0.3) is 0 Å². The minimum absolute atomic E-state index is 0.114. The number of alkyl halides is 3. The van der Waals surface area contributed by atoms with Crippen LogP contribution in [0, 0.1) is 5.82 Å². The zero-order valence-corrected chi connectivity index (χ0v) is 14.8. The van der Waals surface area contributed by atoms with E-state index in [4.69, 9.17) is 4.52 Å². The van der Waals surface area contributed by atoms with Crippen LogP contribution in [0.1, 0.15) is 29.9 Å². The van der Waals surface area contributed by atoms with Gasteiger partial charge < -0.3 is 4.52 Å². The fraction of sp³-hybridized carbons (Fsp3) is 0.300. The Balaban J connectivity index is 1.50. The van der Waals surface area contributed by atoms with Crippen molar-refractivity contribution in [3.63, 3.8) is 0 Å². The molecule has 0 saturated heterocycles. The predicted octanol–water partition coefficient (Wildman–Crippen LogP) is 5.06. The molecule has 0 radical (unpaired) electrons. The molecular weight excluding hydrogens is 374 g/mol. The molecule has 4 nitrogen and oxygen atoms in total. The molecule has 0 bridgehead atoms. The Hall–Kier alpha value is -2.74. The Morgan fingerprint density at radius 1 is 1.04 bits per heavy atom. The van der Waals surface area contributed by atoms with Crippen molar-refractivity contribution >= 4 is 0 Å². The molecule has 0 N–H and O–H groups in total. The fourth-order valence-corrected chi connectivity index (χ4v) is 3.07. The number of benzene rings is 2. The fourth-order valence-electron chi connectivity index (χ4n) is 3.07. The summed E-state index contributed by atoms with van der Waals surface area (Å²) in [6.07, 6.45) is -2.37. The minimum atomic E-state index is -4.43. The summed E-state index contributed by atoms with van der Waals surface area (Å²) in [7, 11) is 0. The van der Waals surface area contributed by atoms with Gasteiger partial charge >= 0.3 is 6.18 Å². The standard InChI is InChI=1S/C20H17F4N3O/c21-16-6-1-3-13(9-16)11-27(17-7-8-17)12-18-25-19(26-28-18)14-4-2-5-15(10-14)20(22,23)24/h1-6,9-10,17H,7-8,11-12H2. The van der Waals surface area contributed by atoms with Gasteiger partial charge in [0.05, 0.1) is 12.1 Å². The van der Waals surface area contributed by atoms with E-state index in [1.165, 1.54) is 24.3 Å². The Bertz CT molecular complexity index is 966. The van der Waals surface area contributed by atoms with Crippen LogP contribution in [0.3, 0.4) is 0 Å². The summed E-state index contributed by atoms with van der Waals surface area (Å²) in [6.45, 7) is 0.886. The molecule has 1 aromatic heterocycles. The van der Waals surface area contributed by atoms with Gasteiger partial charge in [-0.15, -0.1) is 0 Å². The number of aromatic nitrogens is 2. The molecule has 1 aliphatic carbocycles. The van der Waals surface area contributed by atoms with Crippen LogP contribution in [0.15, 0.2) is 53.1 Å². The predicted molar refractivity (Wildman–Crippen MR) is 93.4 cm³/mol. The molecule has 1 heterocycles. The maximum Gasteiger partial charge on any atom is 0.416 e. The Kier molecular flexibility index (Phi) is 4.89. The van der Waals surface area contributed by atoms with E-state index in [-0.39, 0.29) is 17.2 Å². The molecule has 0 atom stereocenters. The molecule has 0 spiro atoms. The second-order valence-corrected chi connectivity index (χ2v) is 6.86. The SMILES string of the molecule is Fc1cccc(CN(Cc2nc(-c3cccc(C(F)(F)F)c3)no2)C2CC2)c1. The summed E-state index contributed by atoms with van der Waals surface area (Å²) < 4.78 is 57.4. The number of hydrogen-bond acceptors (Lipinski definition) is 4. The molecule has 0 aliphatic heterocycles. The third kappa shape index (κ3) is 4.39. The second-order valence-electron chi connectivity index (χ2n) is 6.86. The zero-order chi connectivity index (χ0) is 19.7. The number of nitrogens with zero attached hydrogens (tertiary/aromatic N) is 3. The van der Waals surface area contributed by atoms with Gasteiger partial charge in [-0.05, 0) is 42.7 Å². The zero-order valence-electron chi connectivity index (χ0n) is 14.8. The van der Waals surface area contributed by atoms with Crippen molar-refractivity contribution in [2.24, 2.45) is 0 Å². The highest BCUT2D eigenvalue weighted by Crippen LogP contribution is 2.32. The van der Waals surface area contributed by atoms with Crippen LogP contribution < -0.4 is 0 Å². The van der Waals surface area contributed by atoms with Gasteiger partial charge in [-0.25, -0.2) is 4.39 Å². The monoisotopic (exact) mass is 391 g/mol. The van der Waals surface area contributed by atoms with Gasteiger partial charge in [-0.1, -0.05) is 29.4 Å². The maximum atomic E-state index is 13.4. The molecule has 1 aliphatic rings. The smallest absolute Gasteiger partial charge is 0.338 e. The van der Waals surface area contributed by atoms with Crippen LogP contribution in [-0.2, 0) is 19.3 Å². The molecule has 0 amide bonds. The van der Waals surface area contributed by atoms with Crippen molar-refractivity contribution in [1.82, 2.24) is 15.0 Å². The number of halogens is 4. The largest absolute Gasteiger partial charge is 0.416 e. The van der Waals surface area contributed by atoms with E-state index in [0.29, 0.717) is 25.0 Å². The molecule has 28 heavy (non-hydrogen) atoms. The van der Waals surface area contributed by atoms with E-state index >= 15 is 0 Å². The summed E-state index contributed by atoms with van der Waals surface area (Å²) in [6, 6.07) is 11.6.